The number of aryl methyl sites for hydroxylation is 1. The third-order valence-corrected chi connectivity index (χ3v) is 8.07. The third kappa shape index (κ3) is 4.67. The molecule has 0 atom stereocenters. The lowest BCUT2D eigenvalue weighted by Gasteiger charge is -2.29. The van der Waals surface area contributed by atoms with Crippen molar-refractivity contribution in [3.63, 3.8) is 0 Å². The molecule has 0 aliphatic carbocycles. The van der Waals surface area contributed by atoms with Crippen molar-refractivity contribution in [2.75, 3.05) is 13.1 Å². The van der Waals surface area contributed by atoms with E-state index in [1.54, 1.807) is 22.5 Å². The molecule has 3 aromatic rings. The summed E-state index contributed by atoms with van der Waals surface area (Å²) in [7, 11) is -3.49. The average Bonchev–Trinajstić information content (AvgIpc) is 3.15. The first-order chi connectivity index (χ1) is 14.8. The van der Waals surface area contributed by atoms with Gasteiger partial charge >= 0.3 is 0 Å². The first-order valence-corrected chi connectivity index (χ1v) is 12.2. The van der Waals surface area contributed by atoms with Gasteiger partial charge in [-0.15, -0.1) is 0 Å². The standard InChI is InChI=1S/C24H29N3O3S/c1-18-9-13-27(14-10-18)31(29,30)22-7-8-23-20(15-22)11-12-26(23)17-24(28)25-16-21-6-4-3-5-19(21)2/h3-8,11-12,15,18H,9-10,13-14,16-17H2,1-2H3,(H,25,28). The molecule has 0 unspecified atom stereocenters. The number of carbonyl (C=O) groups excluding carboxylic acids is 1. The Balaban J connectivity index is 1.46. The Morgan fingerprint density at radius 3 is 2.58 bits per heavy atom. The van der Waals surface area contributed by atoms with Gasteiger partial charge in [-0.2, -0.15) is 4.31 Å². The van der Waals surface area contributed by atoms with Crippen LogP contribution in [-0.2, 0) is 27.9 Å². The van der Waals surface area contributed by atoms with E-state index in [4.69, 9.17) is 0 Å². The van der Waals surface area contributed by atoms with Crippen LogP contribution in [0.3, 0.4) is 0 Å². The van der Waals surface area contributed by atoms with E-state index >= 15 is 0 Å². The first-order valence-electron chi connectivity index (χ1n) is 10.7. The Labute approximate surface area is 183 Å². The molecule has 1 aliphatic heterocycles. The highest BCUT2D eigenvalue weighted by Gasteiger charge is 2.28. The second kappa shape index (κ2) is 8.85. The summed E-state index contributed by atoms with van der Waals surface area (Å²) in [5.74, 6) is 0.486. The molecular weight excluding hydrogens is 410 g/mol. The zero-order chi connectivity index (χ0) is 22.0. The first kappa shape index (κ1) is 21.6. The number of carbonyl (C=O) groups is 1. The predicted molar refractivity (Wildman–Crippen MR) is 122 cm³/mol. The van der Waals surface area contributed by atoms with E-state index in [-0.39, 0.29) is 12.5 Å². The van der Waals surface area contributed by atoms with Gasteiger partial charge in [0.15, 0.2) is 0 Å². The van der Waals surface area contributed by atoms with Crippen LogP contribution in [0, 0.1) is 12.8 Å². The van der Waals surface area contributed by atoms with Crippen LogP contribution in [0.15, 0.2) is 59.6 Å². The van der Waals surface area contributed by atoms with Gasteiger partial charge in [-0.3, -0.25) is 4.79 Å². The topological polar surface area (TPSA) is 71.4 Å². The van der Waals surface area contributed by atoms with E-state index in [1.807, 2.05) is 48.0 Å². The molecule has 6 nitrogen and oxygen atoms in total. The summed E-state index contributed by atoms with van der Waals surface area (Å²) in [6, 6.07) is 15.0. The zero-order valence-electron chi connectivity index (χ0n) is 18.0. The molecule has 1 N–H and O–H groups in total. The molecular formula is C24H29N3O3S. The number of sulfonamides is 1. The molecule has 7 heteroatoms. The Morgan fingerprint density at radius 2 is 1.84 bits per heavy atom. The van der Waals surface area contributed by atoms with Gasteiger partial charge in [0, 0.05) is 36.7 Å². The maximum Gasteiger partial charge on any atom is 0.243 e. The quantitative estimate of drug-likeness (QED) is 0.637. The monoisotopic (exact) mass is 439 g/mol. The van der Waals surface area contributed by atoms with Crippen LogP contribution >= 0.6 is 0 Å². The van der Waals surface area contributed by atoms with Gasteiger partial charge in [-0.05, 0) is 61.1 Å². The fourth-order valence-electron chi connectivity index (χ4n) is 4.06. The molecule has 2 heterocycles. The number of hydrogen-bond acceptors (Lipinski definition) is 3. The number of hydrogen-bond donors (Lipinski definition) is 1. The summed E-state index contributed by atoms with van der Waals surface area (Å²) >= 11 is 0. The summed E-state index contributed by atoms with van der Waals surface area (Å²) in [6.45, 7) is 6.01. The summed E-state index contributed by atoms with van der Waals surface area (Å²) in [5, 5.41) is 3.78. The van der Waals surface area contributed by atoms with E-state index in [9.17, 15) is 13.2 Å². The van der Waals surface area contributed by atoms with E-state index in [1.165, 1.54) is 0 Å². The molecule has 1 aromatic heterocycles. The van der Waals surface area contributed by atoms with Crippen LogP contribution in [0.5, 0.6) is 0 Å². The molecule has 1 saturated heterocycles. The number of amides is 1. The van der Waals surface area contributed by atoms with E-state index in [0.717, 1.165) is 34.9 Å². The lowest BCUT2D eigenvalue weighted by Crippen LogP contribution is -2.37. The van der Waals surface area contributed by atoms with Crippen LogP contribution in [-0.4, -0.2) is 36.3 Å². The van der Waals surface area contributed by atoms with E-state index < -0.39 is 10.0 Å². The molecule has 164 valence electrons. The molecule has 4 rings (SSSR count). The van der Waals surface area contributed by atoms with E-state index in [0.29, 0.717) is 30.4 Å². The smallest absolute Gasteiger partial charge is 0.243 e. The third-order valence-electron chi connectivity index (χ3n) is 6.17. The molecule has 1 aliphatic rings. The van der Waals surface area contributed by atoms with Crippen molar-refractivity contribution in [1.29, 1.82) is 0 Å². The SMILES string of the molecule is Cc1ccccc1CNC(=O)Cn1ccc2cc(S(=O)(=O)N3CCC(C)CC3)ccc21. The van der Waals surface area contributed by atoms with Gasteiger partial charge in [0.25, 0.3) is 0 Å². The van der Waals surface area contributed by atoms with Gasteiger partial charge in [-0.1, -0.05) is 31.2 Å². The Kier molecular flexibility index (Phi) is 6.16. The Bertz CT molecular complexity index is 1190. The van der Waals surface area contributed by atoms with Crippen LogP contribution < -0.4 is 5.32 Å². The summed E-state index contributed by atoms with van der Waals surface area (Å²) < 4.78 is 29.5. The number of fused-ring (bicyclic) bond motifs is 1. The minimum Gasteiger partial charge on any atom is -0.350 e. The number of aromatic nitrogens is 1. The zero-order valence-corrected chi connectivity index (χ0v) is 18.9. The van der Waals surface area contributed by atoms with Crippen molar-refractivity contribution >= 4 is 26.8 Å². The van der Waals surface area contributed by atoms with Crippen molar-refractivity contribution in [2.24, 2.45) is 5.92 Å². The molecule has 2 aromatic carbocycles. The number of benzene rings is 2. The number of nitrogens with zero attached hydrogens (tertiary/aromatic N) is 2. The Hall–Kier alpha value is -2.64. The summed E-state index contributed by atoms with van der Waals surface area (Å²) in [6.07, 6.45) is 3.63. The highest BCUT2D eigenvalue weighted by molar-refractivity contribution is 7.89. The number of rotatable bonds is 6. The largest absolute Gasteiger partial charge is 0.350 e. The molecule has 0 spiro atoms. The molecule has 0 radical (unpaired) electrons. The van der Waals surface area contributed by atoms with Gasteiger partial charge in [0.2, 0.25) is 15.9 Å². The van der Waals surface area contributed by atoms with Gasteiger partial charge in [-0.25, -0.2) is 8.42 Å². The van der Waals surface area contributed by atoms with E-state index in [2.05, 4.69) is 12.2 Å². The van der Waals surface area contributed by atoms with Gasteiger partial charge < -0.3 is 9.88 Å². The lowest BCUT2D eigenvalue weighted by atomic mass is 10.0. The van der Waals surface area contributed by atoms with Crippen molar-refractivity contribution in [3.05, 3.63) is 65.9 Å². The maximum absolute atomic E-state index is 13.0. The van der Waals surface area contributed by atoms with Crippen LogP contribution in [0.4, 0.5) is 0 Å². The summed E-state index contributed by atoms with van der Waals surface area (Å²) in [5.41, 5.74) is 3.08. The second-order valence-corrected chi connectivity index (χ2v) is 10.4. The Morgan fingerprint density at radius 1 is 1.10 bits per heavy atom. The lowest BCUT2D eigenvalue weighted by molar-refractivity contribution is -0.121. The average molecular weight is 440 g/mol. The maximum atomic E-state index is 13.0. The molecule has 1 amide bonds. The second-order valence-electron chi connectivity index (χ2n) is 8.45. The highest BCUT2D eigenvalue weighted by atomic mass is 32.2. The van der Waals surface area contributed by atoms with Crippen molar-refractivity contribution in [1.82, 2.24) is 14.2 Å². The molecule has 1 fully saturated rings. The van der Waals surface area contributed by atoms with Crippen molar-refractivity contribution in [3.8, 4) is 0 Å². The normalized spacial score (nSPS) is 15.9. The molecule has 0 bridgehead atoms. The minimum atomic E-state index is -3.49. The van der Waals surface area contributed by atoms with Crippen LogP contribution in [0.25, 0.3) is 10.9 Å². The number of piperidine rings is 1. The fourth-order valence-corrected chi connectivity index (χ4v) is 5.57. The summed E-state index contributed by atoms with van der Waals surface area (Å²) in [4.78, 5) is 12.8. The van der Waals surface area contributed by atoms with Crippen molar-refractivity contribution in [2.45, 2.75) is 44.7 Å². The molecule has 31 heavy (non-hydrogen) atoms. The van der Waals surface area contributed by atoms with Gasteiger partial charge in [0.1, 0.15) is 6.54 Å². The van der Waals surface area contributed by atoms with Gasteiger partial charge in [0.05, 0.1) is 4.90 Å². The predicted octanol–water partition coefficient (Wildman–Crippen LogP) is 3.69. The van der Waals surface area contributed by atoms with Crippen molar-refractivity contribution < 1.29 is 13.2 Å². The van der Waals surface area contributed by atoms with Crippen LogP contribution in [0.2, 0.25) is 0 Å². The minimum absolute atomic E-state index is 0.0834. The van der Waals surface area contributed by atoms with Crippen LogP contribution in [0.1, 0.15) is 30.9 Å². The highest BCUT2D eigenvalue weighted by Crippen LogP contribution is 2.26. The number of nitrogens with one attached hydrogen (secondary N) is 1. The fraction of sp³-hybridized carbons (Fsp3) is 0.375. The molecule has 0 saturated carbocycles.